The van der Waals surface area contributed by atoms with E-state index >= 15 is 0 Å². The van der Waals surface area contributed by atoms with Crippen molar-refractivity contribution in [2.75, 3.05) is 0 Å². The molecule has 3 aromatic rings. The molecule has 0 spiro atoms. The van der Waals surface area contributed by atoms with Crippen LogP contribution in [0.1, 0.15) is 41.2 Å². The van der Waals surface area contributed by atoms with E-state index in [-0.39, 0.29) is 4.87 Å². The van der Waals surface area contributed by atoms with Gasteiger partial charge in [0.15, 0.2) is 0 Å². The minimum Gasteiger partial charge on any atom is -0.489 e. The van der Waals surface area contributed by atoms with Gasteiger partial charge >= 0.3 is 4.87 Å². The van der Waals surface area contributed by atoms with Crippen molar-refractivity contribution in [2.24, 2.45) is 17.8 Å². The Morgan fingerprint density at radius 3 is 2.62 bits per heavy atom. The molecule has 2 bridgehead atoms. The second-order valence-electron chi connectivity index (χ2n) is 8.52. The lowest BCUT2D eigenvalue weighted by Crippen LogP contribution is -2.33. The maximum atomic E-state index is 12.1. The van der Waals surface area contributed by atoms with Crippen molar-refractivity contribution in [3.8, 4) is 5.75 Å². The highest BCUT2D eigenvalue weighted by Crippen LogP contribution is 2.63. The summed E-state index contributed by atoms with van der Waals surface area (Å²) < 4.78 is 5.99. The first-order valence-electron chi connectivity index (χ1n) is 10.4. The van der Waals surface area contributed by atoms with Gasteiger partial charge in [0.2, 0.25) is 0 Å². The maximum absolute atomic E-state index is 12.1. The molecule has 0 radical (unpaired) electrons. The molecule has 2 heterocycles. The molecule has 1 aliphatic heterocycles. The van der Waals surface area contributed by atoms with Crippen LogP contribution in [0.4, 0.5) is 0 Å². The fourth-order valence-corrected chi connectivity index (χ4v) is 8.63. The van der Waals surface area contributed by atoms with Gasteiger partial charge in [-0.05, 0) is 60.3 Å². The van der Waals surface area contributed by atoms with Crippen molar-refractivity contribution >= 4 is 23.1 Å². The van der Waals surface area contributed by atoms with Gasteiger partial charge in [0.25, 0.3) is 0 Å². The summed E-state index contributed by atoms with van der Waals surface area (Å²) in [6.45, 7) is 0.582. The van der Waals surface area contributed by atoms with E-state index in [1.807, 2.05) is 30.0 Å². The normalized spacial score (nSPS) is 29.4. The Morgan fingerprint density at radius 1 is 1.00 bits per heavy atom. The van der Waals surface area contributed by atoms with Crippen LogP contribution >= 0.6 is 23.1 Å². The number of aromatic amines is 1. The molecule has 5 atom stereocenters. The molecule has 1 aromatic heterocycles. The molecule has 5 heteroatoms. The molecule has 0 saturated heterocycles. The first-order valence-corrected chi connectivity index (χ1v) is 12.1. The first-order chi connectivity index (χ1) is 14.3. The highest BCUT2D eigenvalue weighted by molar-refractivity contribution is 8.00. The lowest BCUT2D eigenvalue weighted by molar-refractivity contribution is 0.302. The Labute approximate surface area is 178 Å². The number of nitrogens with one attached hydrogen (secondary N) is 1. The summed E-state index contributed by atoms with van der Waals surface area (Å²) in [6.07, 6.45) is 4.09. The van der Waals surface area contributed by atoms with Crippen LogP contribution in [0.5, 0.6) is 5.75 Å². The number of thioether (sulfide) groups is 1. The predicted octanol–water partition coefficient (Wildman–Crippen LogP) is 5.67. The Balaban J connectivity index is 1.30. The van der Waals surface area contributed by atoms with Crippen molar-refractivity contribution in [3.05, 3.63) is 80.3 Å². The second-order valence-corrected chi connectivity index (χ2v) is 10.7. The van der Waals surface area contributed by atoms with E-state index in [1.165, 1.54) is 46.6 Å². The molecule has 2 aliphatic carbocycles. The fourth-order valence-electron chi connectivity index (χ4n) is 5.73. The minimum atomic E-state index is 0.0858. The molecule has 6 rings (SSSR count). The Morgan fingerprint density at radius 2 is 1.79 bits per heavy atom. The van der Waals surface area contributed by atoms with Crippen LogP contribution in [0.15, 0.2) is 64.4 Å². The number of fused-ring (bicyclic) bond motifs is 6. The number of benzene rings is 2. The molecule has 0 amide bonds. The average molecular weight is 422 g/mol. The van der Waals surface area contributed by atoms with Gasteiger partial charge in [-0.15, -0.1) is 11.8 Å². The van der Waals surface area contributed by atoms with E-state index in [9.17, 15) is 4.79 Å². The third-order valence-corrected chi connectivity index (χ3v) is 9.58. The topological polar surface area (TPSA) is 42.1 Å². The highest BCUT2D eigenvalue weighted by atomic mass is 32.2. The summed E-state index contributed by atoms with van der Waals surface area (Å²) in [6, 6.07) is 18.9. The van der Waals surface area contributed by atoms with Gasteiger partial charge in [-0.2, -0.15) is 0 Å². The summed E-state index contributed by atoms with van der Waals surface area (Å²) in [5, 5.41) is 1.79. The number of hydrogen-bond donors (Lipinski definition) is 1. The average Bonchev–Trinajstić information content (AvgIpc) is 3.46. The number of aromatic nitrogens is 1. The Bertz CT molecular complexity index is 1070. The van der Waals surface area contributed by atoms with Crippen LogP contribution in [0.3, 0.4) is 0 Å². The lowest BCUT2D eigenvalue weighted by Gasteiger charge is -2.40. The van der Waals surface area contributed by atoms with Crippen LogP contribution in [-0.2, 0) is 6.61 Å². The second kappa shape index (κ2) is 7.06. The molecule has 2 aromatic carbocycles. The van der Waals surface area contributed by atoms with Crippen LogP contribution in [0.2, 0.25) is 0 Å². The van der Waals surface area contributed by atoms with E-state index in [4.69, 9.17) is 4.74 Å². The third-order valence-electron chi connectivity index (χ3n) is 6.95. The molecule has 3 aliphatic rings. The van der Waals surface area contributed by atoms with E-state index < -0.39 is 0 Å². The smallest absolute Gasteiger partial charge is 0.305 e. The van der Waals surface area contributed by atoms with Gasteiger partial charge in [-0.25, -0.2) is 0 Å². The molecule has 148 valence electrons. The van der Waals surface area contributed by atoms with Crippen LogP contribution in [0.25, 0.3) is 0 Å². The summed E-state index contributed by atoms with van der Waals surface area (Å²) in [5.41, 5.74) is 2.50. The molecule has 1 N–H and O–H groups in total. The molecule has 2 saturated carbocycles. The molecule has 2 fully saturated rings. The SMILES string of the molecule is O=c1[nH]c2c(s1)[C@H](c1ccc(OCc3ccccc3)cc1)[C@H]1[C@@H]3CC[C@H](C3)[C@@H]1S2. The lowest BCUT2D eigenvalue weighted by atomic mass is 9.75. The largest absolute Gasteiger partial charge is 0.489 e. The van der Waals surface area contributed by atoms with Crippen LogP contribution in [-0.4, -0.2) is 10.2 Å². The molecular weight excluding hydrogens is 398 g/mol. The first kappa shape index (κ1) is 17.8. The number of ether oxygens (including phenoxy) is 1. The zero-order valence-corrected chi connectivity index (χ0v) is 17.7. The number of rotatable bonds is 4. The number of thiazole rings is 1. The highest BCUT2D eigenvalue weighted by Gasteiger charge is 2.54. The number of H-pyrrole nitrogens is 1. The molecular formula is C24H23NO2S2. The van der Waals surface area contributed by atoms with Crippen LogP contribution in [0, 0.1) is 17.8 Å². The van der Waals surface area contributed by atoms with E-state index in [0.717, 1.165) is 22.6 Å². The third kappa shape index (κ3) is 3.06. The summed E-state index contributed by atoms with van der Waals surface area (Å²) in [5.74, 6) is 3.53. The maximum Gasteiger partial charge on any atom is 0.305 e. The molecule has 0 unspecified atom stereocenters. The van der Waals surface area contributed by atoms with Crippen molar-refractivity contribution in [1.29, 1.82) is 0 Å². The van der Waals surface area contributed by atoms with Crippen molar-refractivity contribution in [3.63, 3.8) is 0 Å². The van der Waals surface area contributed by atoms with Gasteiger partial charge in [0.05, 0.1) is 5.03 Å². The van der Waals surface area contributed by atoms with Crippen molar-refractivity contribution < 1.29 is 4.74 Å². The van der Waals surface area contributed by atoms with Gasteiger partial charge < -0.3 is 9.72 Å². The van der Waals surface area contributed by atoms with Crippen molar-refractivity contribution in [2.45, 2.75) is 42.1 Å². The quantitative estimate of drug-likeness (QED) is 0.590. The predicted molar refractivity (Wildman–Crippen MR) is 118 cm³/mol. The zero-order valence-electron chi connectivity index (χ0n) is 16.0. The summed E-state index contributed by atoms with van der Waals surface area (Å²) in [7, 11) is 0. The van der Waals surface area contributed by atoms with E-state index in [1.54, 1.807) is 0 Å². The van der Waals surface area contributed by atoms with Crippen molar-refractivity contribution in [1.82, 2.24) is 4.98 Å². The summed E-state index contributed by atoms with van der Waals surface area (Å²) in [4.78, 5) is 16.6. The summed E-state index contributed by atoms with van der Waals surface area (Å²) >= 11 is 3.37. The van der Waals surface area contributed by atoms with Crippen LogP contribution < -0.4 is 9.61 Å². The van der Waals surface area contributed by atoms with E-state index in [2.05, 4.69) is 41.4 Å². The monoisotopic (exact) mass is 421 g/mol. The number of hydrogen-bond acceptors (Lipinski definition) is 4. The van der Waals surface area contributed by atoms with Gasteiger partial charge in [-0.1, -0.05) is 53.8 Å². The fraction of sp³-hybridized carbons (Fsp3) is 0.375. The standard InChI is InChI=1S/C24H23NO2S2/c26-24-25-23-22(29-24)19(20-16-6-7-17(12-16)21(20)28-23)15-8-10-18(11-9-15)27-13-14-4-2-1-3-5-14/h1-5,8-11,16-17,19-21H,6-7,12-13H2,(H,25,26)/t16-,17-,19-,20-,21+/m1/s1. The van der Waals surface area contributed by atoms with Gasteiger partial charge in [0.1, 0.15) is 12.4 Å². The Hall–Kier alpha value is -1.98. The Kier molecular flexibility index (Phi) is 4.35. The molecule has 29 heavy (non-hydrogen) atoms. The van der Waals surface area contributed by atoms with E-state index in [0.29, 0.717) is 23.7 Å². The van der Waals surface area contributed by atoms with Gasteiger partial charge in [0, 0.05) is 16.0 Å². The molecule has 3 nitrogen and oxygen atoms in total. The van der Waals surface area contributed by atoms with Gasteiger partial charge in [-0.3, -0.25) is 4.79 Å². The zero-order chi connectivity index (χ0) is 19.4. The minimum absolute atomic E-state index is 0.0858.